The highest BCUT2D eigenvalue weighted by molar-refractivity contribution is 7.98. The monoisotopic (exact) mass is 368 g/mol. The Labute approximate surface area is 156 Å². The Morgan fingerprint density at radius 2 is 1.96 bits per heavy atom. The SMILES string of the molecule is CCCCC(C(=O)OCSC)=C(C1=NC(C)(C(C)C)C(=O)N1)C(C)C. The van der Waals surface area contributed by atoms with E-state index in [9.17, 15) is 9.59 Å². The number of aliphatic imine (C=N–C) groups is 1. The van der Waals surface area contributed by atoms with Gasteiger partial charge in [0.25, 0.3) is 5.91 Å². The molecule has 1 unspecified atom stereocenters. The summed E-state index contributed by atoms with van der Waals surface area (Å²) >= 11 is 1.46. The summed E-state index contributed by atoms with van der Waals surface area (Å²) in [6.45, 7) is 11.9. The summed E-state index contributed by atoms with van der Waals surface area (Å²) in [5.41, 5.74) is 0.643. The first-order valence-corrected chi connectivity index (χ1v) is 10.4. The van der Waals surface area contributed by atoms with E-state index in [-0.39, 0.29) is 23.7 Å². The van der Waals surface area contributed by atoms with Gasteiger partial charge in [0.05, 0.1) is 0 Å². The maximum atomic E-state index is 12.6. The van der Waals surface area contributed by atoms with Gasteiger partial charge in [-0.05, 0) is 37.9 Å². The van der Waals surface area contributed by atoms with Gasteiger partial charge >= 0.3 is 5.97 Å². The van der Waals surface area contributed by atoms with Crippen molar-refractivity contribution < 1.29 is 14.3 Å². The van der Waals surface area contributed by atoms with Crippen molar-refractivity contribution in [2.75, 3.05) is 12.2 Å². The van der Waals surface area contributed by atoms with Crippen LogP contribution in [-0.2, 0) is 14.3 Å². The molecule has 0 bridgehead atoms. The van der Waals surface area contributed by atoms with Crippen molar-refractivity contribution in [3.63, 3.8) is 0 Å². The lowest BCUT2D eigenvalue weighted by Gasteiger charge is -2.21. The zero-order valence-electron chi connectivity index (χ0n) is 16.6. The normalized spacial score (nSPS) is 21.3. The van der Waals surface area contributed by atoms with Gasteiger partial charge in [-0.2, -0.15) is 0 Å². The van der Waals surface area contributed by atoms with Crippen molar-refractivity contribution in [3.05, 3.63) is 11.1 Å². The summed E-state index contributed by atoms with van der Waals surface area (Å²) in [5, 5.41) is 2.92. The van der Waals surface area contributed by atoms with Crippen molar-refractivity contribution in [1.82, 2.24) is 5.32 Å². The number of carbonyl (C=O) groups excluding carboxylic acids is 2. The van der Waals surface area contributed by atoms with Gasteiger partial charge in [0.1, 0.15) is 17.3 Å². The third-order valence-corrected chi connectivity index (χ3v) is 5.01. The number of amidine groups is 1. The Kier molecular flexibility index (Phi) is 8.19. The van der Waals surface area contributed by atoms with Gasteiger partial charge in [0.2, 0.25) is 0 Å². The lowest BCUT2D eigenvalue weighted by Crippen LogP contribution is -2.41. The highest BCUT2D eigenvalue weighted by atomic mass is 32.2. The highest BCUT2D eigenvalue weighted by Gasteiger charge is 2.43. The summed E-state index contributed by atoms with van der Waals surface area (Å²) in [4.78, 5) is 29.8. The van der Waals surface area contributed by atoms with Crippen LogP contribution < -0.4 is 5.32 Å². The molecular formula is C19H32N2O3S. The number of rotatable bonds is 9. The quantitative estimate of drug-likeness (QED) is 0.380. The average molecular weight is 369 g/mol. The zero-order valence-corrected chi connectivity index (χ0v) is 17.4. The molecule has 1 N–H and O–H groups in total. The number of nitrogens with zero attached hydrogens (tertiary/aromatic N) is 1. The van der Waals surface area contributed by atoms with Crippen LogP contribution in [0.15, 0.2) is 16.1 Å². The number of nitrogens with one attached hydrogen (secondary N) is 1. The first-order valence-electron chi connectivity index (χ1n) is 8.99. The Hall–Kier alpha value is -1.30. The molecule has 0 aliphatic carbocycles. The Morgan fingerprint density at radius 3 is 2.40 bits per heavy atom. The third-order valence-electron chi connectivity index (χ3n) is 4.65. The van der Waals surface area contributed by atoms with E-state index >= 15 is 0 Å². The molecule has 1 atom stereocenters. The van der Waals surface area contributed by atoms with E-state index in [0.29, 0.717) is 23.8 Å². The van der Waals surface area contributed by atoms with Gasteiger partial charge in [0.15, 0.2) is 0 Å². The van der Waals surface area contributed by atoms with E-state index in [1.165, 1.54) is 11.8 Å². The molecule has 1 aliphatic heterocycles. The zero-order chi connectivity index (χ0) is 19.2. The van der Waals surface area contributed by atoms with Crippen LogP contribution in [0.4, 0.5) is 0 Å². The number of ether oxygens (including phenoxy) is 1. The van der Waals surface area contributed by atoms with Crippen LogP contribution in [0.5, 0.6) is 0 Å². The molecule has 0 fully saturated rings. The van der Waals surface area contributed by atoms with Crippen molar-refractivity contribution in [1.29, 1.82) is 0 Å². The van der Waals surface area contributed by atoms with E-state index in [2.05, 4.69) is 12.2 Å². The largest absolute Gasteiger partial charge is 0.451 e. The standard InChI is InChI=1S/C19H32N2O3S/c1-8-9-10-14(17(22)24-11-25-7)15(12(2)3)16-20-18(23)19(6,21-16)13(4)5/h12-13H,8-11H2,1-7H3,(H,20,21,23). The first kappa shape index (κ1) is 21.7. The van der Waals surface area contributed by atoms with Gasteiger partial charge in [-0.1, -0.05) is 41.0 Å². The van der Waals surface area contributed by atoms with E-state index in [1.54, 1.807) is 0 Å². The van der Waals surface area contributed by atoms with Gasteiger partial charge in [-0.15, -0.1) is 11.8 Å². The number of esters is 1. The van der Waals surface area contributed by atoms with Crippen LogP contribution >= 0.6 is 11.8 Å². The molecule has 1 aliphatic rings. The molecule has 0 aromatic heterocycles. The van der Waals surface area contributed by atoms with Crippen LogP contribution in [0.25, 0.3) is 0 Å². The number of thioether (sulfide) groups is 1. The molecule has 25 heavy (non-hydrogen) atoms. The van der Waals surface area contributed by atoms with E-state index in [0.717, 1.165) is 18.4 Å². The number of amides is 1. The minimum absolute atomic E-state index is 0.0576. The van der Waals surface area contributed by atoms with Gasteiger partial charge < -0.3 is 10.1 Å². The minimum atomic E-state index is -0.797. The first-order chi connectivity index (χ1) is 11.7. The maximum Gasteiger partial charge on any atom is 0.335 e. The Morgan fingerprint density at radius 1 is 1.32 bits per heavy atom. The topological polar surface area (TPSA) is 67.8 Å². The molecule has 5 nitrogen and oxygen atoms in total. The minimum Gasteiger partial charge on any atom is -0.451 e. The van der Waals surface area contributed by atoms with Crippen molar-refractivity contribution in [3.8, 4) is 0 Å². The van der Waals surface area contributed by atoms with Crippen LogP contribution in [0.2, 0.25) is 0 Å². The molecule has 0 saturated heterocycles. The molecule has 1 heterocycles. The maximum absolute atomic E-state index is 12.6. The van der Waals surface area contributed by atoms with Crippen molar-refractivity contribution in [2.24, 2.45) is 16.8 Å². The number of hydrogen-bond acceptors (Lipinski definition) is 5. The second-order valence-corrected chi connectivity index (χ2v) is 8.02. The summed E-state index contributed by atoms with van der Waals surface area (Å²) in [6, 6.07) is 0. The van der Waals surface area contributed by atoms with Crippen molar-refractivity contribution in [2.45, 2.75) is 66.3 Å². The fourth-order valence-electron chi connectivity index (χ4n) is 2.73. The van der Waals surface area contributed by atoms with E-state index in [1.807, 2.05) is 40.9 Å². The predicted molar refractivity (Wildman–Crippen MR) is 105 cm³/mol. The van der Waals surface area contributed by atoms with Crippen LogP contribution in [0.3, 0.4) is 0 Å². The highest BCUT2D eigenvalue weighted by Crippen LogP contribution is 2.30. The molecule has 1 rings (SSSR count). The lowest BCUT2D eigenvalue weighted by atomic mass is 9.89. The smallest absolute Gasteiger partial charge is 0.335 e. The molecule has 142 valence electrons. The molecule has 0 radical (unpaired) electrons. The van der Waals surface area contributed by atoms with E-state index < -0.39 is 5.54 Å². The second kappa shape index (κ2) is 9.41. The van der Waals surface area contributed by atoms with Gasteiger partial charge in [-0.25, -0.2) is 4.79 Å². The summed E-state index contributed by atoms with van der Waals surface area (Å²) in [5.74, 6) is 0.568. The van der Waals surface area contributed by atoms with Crippen LogP contribution in [0.1, 0.15) is 60.8 Å². The lowest BCUT2D eigenvalue weighted by molar-refractivity contribution is -0.137. The molecular weight excluding hydrogens is 336 g/mol. The molecule has 0 saturated carbocycles. The Bertz CT molecular complexity index is 567. The van der Waals surface area contributed by atoms with Gasteiger partial charge in [-0.3, -0.25) is 9.79 Å². The summed E-state index contributed by atoms with van der Waals surface area (Å²) in [6.07, 6.45) is 4.39. The Balaban J connectivity index is 3.38. The van der Waals surface area contributed by atoms with E-state index in [4.69, 9.17) is 9.73 Å². The average Bonchev–Trinajstić information content (AvgIpc) is 2.84. The number of unbranched alkanes of at least 4 members (excludes halogenated alkanes) is 1. The fourth-order valence-corrected chi connectivity index (χ4v) is 2.95. The van der Waals surface area contributed by atoms with Crippen LogP contribution in [-0.4, -0.2) is 35.4 Å². The third kappa shape index (κ3) is 5.09. The summed E-state index contributed by atoms with van der Waals surface area (Å²) in [7, 11) is 0. The van der Waals surface area contributed by atoms with Crippen LogP contribution in [0, 0.1) is 11.8 Å². The second-order valence-electron chi connectivity index (χ2n) is 7.21. The molecule has 0 spiro atoms. The molecule has 1 amide bonds. The van der Waals surface area contributed by atoms with Gasteiger partial charge in [0, 0.05) is 11.1 Å². The number of carbonyl (C=O) groups is 2. The van der Waals surface area contributed by atoms with Crippen molar-refractivity contribution >= 4 is 29.5 Å². The summed E-state index contributed by atoms with van der Waals surface area (Å²) < 4.78 is 5.37. The predicted octanol–water partition coefficient (Wildman–Crippen LogP) is 3.94. The number of hydrogen-bond donors (Lipinski definition) is 1. The molecule has 0 aromatic rings. The fraction of sp³-hybridized carbons (Fsp3) is 0.737. The molecule has 0 aromatic carbocycles. The molecule has 6 heteroatoms.